The smallest absolute Gasteiger partial charge is 0.225 e. The van der Waals surface area contributed by atoms with Gasteiger partial charge in [-0.1, -0.05) is 18.2 Å². The number of para-hydroxylation sites is 1. The van der Waals surface area contributed by atoms with Crippen LogP contribution in [-0.4, -0.2) is 25.0 Å². The first-order valence-corrected chi connectivity index (χ1v) is 9.12. The molecule has 5 nitrogen and oxygen atoms in total. The van der Waals surface area contributed by atoms with Crippen LogP contribution in [0.15, 0.2) is 46.1 Å². The molecule has 0 bridgehead atoms. The fourth-order valence-corrected chi connectivity index (χ4v) is 3.46. The minimum absolute atomic E-state index is 0. The fourth-order valence-electron chi connectivity index (χ4n) is 2.80. The van der Waals surface area contributed by atoms with Gasteiger partial charge in [-0.05, 0) is 40.9 Å². The molecule has 25 heavy (non-hydrogen) atoms. The molecule has 1 aliphatic rings. The SMILES string of the molecule is CCNC(=NCc1ccsc1)NCC1CC(=O)Nc2ccccc21.I. The standard InChI is InChI=1S/C18H22N4OS.HI/c1-2-19-18(20-10-13-7-8-24-12-13)21-11-14-9-17(23)22-16-6-4-3-5-15(14)16;/h3-8,12,14H,2,9-11H2,1H3,(H,22,23)(H2,19,20,21);1H. The first kappa shape index (κ1) is 19.7. The summed E-state index contributed by atoms with van der Waals surface area (Å²) in [4.78, 5) is 16.5. The molecule has 0 saturated heterocycles. The largest absolute Gasteiger partial charge is 0.357 e. The van der Waals surface area contributed by atoms with E-state index >= 15 is 0 Å². The lowest BCUT2D eigenvalue weighted by atomic mass is 9.90. The Morgan fingerprint density at radius 3 is 2.92 bits per heavy atom. The molecule has 1 aromatic carbocycles. The van der Waals surface area contributed by atoms with Gasteiger partial charge in [0.2, 0.25) is 5.91 Å². The molecule has 0 saturated carbocycles. The van der Waals surface area contributed by atoms with Gasteiger partial charge in [-0.25, -0.2) is 4.99 Å². The highest BCUT2D eigenvalue weighted by molar-refractivity contribution is 14.0. The zero-order valence-corrected chi connectivity index (χ0v) is 17.3. The average Bonchev–Trinajstić information content (AvgIpc) is 3.10. The van der Waals surface area contributed by atoms with Crippen LogP contribution in [-0.2, 0) is 11.3 Å². The number of guanidine groups is 1. The lowest BCUT2D eigenvalue weighted by Gasteiger charge is -2.26. The first-order valence-electron chi connectivity index (χ1n) is 8.18. The molecule has 1 atom stereocenters. The van der Waals surface area contributed by atoms with Crippen LogP contribution >= 0.6 is 35.3 Å². The second kappa shape index (κ2) is 9.76. The highest BCUT2D eigenvalue weighted by Gasteiger charge is 2.24. The van der Waals surface area contributed by atoms with E-state index in [4.69, 9.17) is 0 Å². The molecule has 7 heteroatoms. The molecule has 0 fully saturated rings. The minimum atomic E-state index is 0. The number of hydrogen-bond donors (Lipinski definition) is 3. The zero-order chi connectivity index (χ0) is 16.8. The van der Waals surface area contributed by atoms with Gasteiger partial charge in [0.05, 0.1) is 6.54 Å². The maximum Gasteiger partial charge on any atom is 0.225 e. The van der Waals surface area contributed by atoms with Crippen LogP contribution in [0.5, 0.6) is 0 Å². The normalized spacial score (nSPS) is 16.4. The third-order valence-electron chi connectivity index (χ3n) is 3.97. The number of halogens is 1. The number of aliphatic imine (C=N–C) groups is 1. The molecule has 0 spiro atoms. The Bertz CT molecular complexity index is 718. The van der Waals surface area contributed by atoms with E-state index in [0.29, 0.717) is 19.5 Å². The Kier molecular flexibility index (Phi) is 7.70. The molecule has 0 aliphatic carbocycles. The van der Waals surface area contributed by atoms with Gasteiger partial charge in [0.1, 0.15) is 0 Å². The summed E-state index contributed by atoms with van der Waals surface area (Å²) in [5.41, 5.74) is 3.30. The molecule has 0 radical (unpaired) electrons. The average molecular weight is 470 g/mol. The quantitative estimate of drug-likeness (QED) is 0.356. The Balaban J connectivity index is 0.00000225. The van der Waals surface area contributed by atoms with Crippen molar-refractivity contribution in [3.8, 4) is 0 Å². The summed E-state index contributed by atoms with van der Waals surface area (Å²) in [6.45, 7) is 4.18. The number of amides is 1. The van der Waals surface area contributed by atoms with Crippen molar-refractivity contribution in [3.05, 3.63) is 52.2 Å². The van der Waals surface area contributed by atoms with Crippen LogP contribution in [0, 0.1) is 0 Å². The van der Waals surface area contributed by atoms with E-state index in [9.17, 15) is 4.79 Å². The number of thiophene rings is 1. The topological polar surface area (TPSA) is 65.5 Å². The van der Waals surface area contributed by atoms with Crippen molar-refractivity contribution in [2.75, 3.05) is 18.4 Å². The second-order valence-corrected chi connectivity index (χ2v) is 6.52. The van der Waals surface area contributed by atoms with Gasteiger partial charge in [-0.2, -0.15) is 11.3 Å². The predicted octanol–water partition coefficient (Wildman–Crippen LogP) is 3.55. The van der Waals surface area contributed by atoms with Crippen LogP contribution < -0.4 is 16.0 Å². The first-order chi connectivity index (χ1) is 11.8. The number of benzene rings is 1. The van der Waals surface area contributed by atoms with E-state index in [2.05, 4.69) is 43.8 Å². The molecule has 3 N–H and O–H groups in total. The summed E-state index contributed by atoms with van der Waals surface area (Å²) < 4.78 is 0. The third-order valence-corrected chi connectivity index (χ3v) is 4.70. The van der Waals surface area contributed by atoms with Crippen LogP contribution in [0.2, 0.25) is 0 Å². The van der Waals surface area contributed by atoms with E-state index in [1.165, 1.54) is 11.1 Å². The number of nitrogens with one attached hydrogen (secondary N) is 3. The number of nitrogens with zero attached hydrogens (tertiary/aromatic N) is 1. The lowest BCUT2D eigenvalue weighted by molar-refractivity contribution is -0.116. The number of carbonyl (C=O) groups excluding carboxylic acids is 1. The molecule has 1 aromatic heterocycles. The number of anilines is 1. The van der Waals surface area contributed by atoms with E-state index < -0.39 is 0 Å². The van der Waals surface area contributed by atoms with E-state index in [-0.39, 0.29) is 35.8 Å². The van der Waals surface area contributed by atoms with Gasteiger partial charge in [-0.15, -0.1) is 24.0 Å². The third kappa shape index (κ3) is 5.43. The molecular formula is C18H23IN4OS. The monoisotopic (exact) mass is 470 g/mol. The van der Waals surface area contributed by atoms with Crippen LogP contribution in [0.1, 0.15) is 30.4 Å². The molecule has 3 rings (SSSR count). The van der Waals surface area contributed by atoms with E-state index in [0.717, 1.165) is 18.2 Å². The highest BCUT2D eigenvalue weighted by atomic mass is 127. The number of hydrogen-bond acceptors (Lipinski definition) is 3. The molecule has 2 aromatic rings. The summed E-state index contributed by atoms with van der Waals surface area (Å²) in [5.74, 6) is 1.01. The maximum atomic E-state index is 11.9. The highest BCUT2D eigenvalue weighted by Crippen LogP contribution is 2.31. The van der Waals surface area contributed by atoms with Crippen molar-refractivity contribution in [1.82, 2.24) is 10.6 Å². The summed E-state index contributed by atoms with van der Waals surface area (Å²) in [6.07, 6.45) is 0.494. The molecule has 1 unspecified atom stereocenters. The molecular weight excluding hydrogens is 447 g/mol. The van der Waals surface area contributed by atoms with E-state index in [1.54, 1.807) is 11.3 Å². The van der Waals surface area contributed by atoms with Gasteiger partial charge in [0.15, 0.2) is 5.96 Å². The van der Waals surface area contributed by atoms with Gasteiger partial charge in [0.25, 0.3) is 0 Å². The van der Waals surface area contributed by atoms with Crippen molar-refractivity contribution in [1.29, 1.82) is 0 Å². The van der Waals surface area contributed by atoms with E-state index in [1.807, 2.05) is 25.1 Å². The number of rotatable bonds is 5. The fraction of sp³-hybridized carbons (Fsp3) is 0.333. The Morgan fingerprint density at radius 1 is 1.32 bits per heavy atom. The molecule has 134 valence electrons. The second-order valence-electron chi connectivity index (χ2n) is 5.74. The van der Waals surface area contributed by atoms with Crippen LogP contribution in [0.25, 0.3) is 0 Å². The van der Waals surface area contributed by atoms with Gasteiger partial charge < -0.3 is 16.0 Å². The van der Waals surface area contributed by atoms with Gasteiger partial charge in [0, 0.05) is 31.1 Å². The predicted molar refractivity (Wildman–Crippen MR) is 115 cm³/mol. The van der Waals surface area contributed by atoms with Crippen molar-refractivity contribution in [3.63, 3.8) is 0 Å². The van der Waals surface area contributed by atoms with Crippen LogP contribution in [0.3, 0.4) is 0 Å². The summed E-state index contributed by atoms with van der Waals surface area (Å²) in [7, 11) is 0. The zero-order valence-electron chi connectivity index (χ0n) is 14.1. The Hall–Kier alpha value is -1.61. The van der Waals surface area contributed by atoms with Crippen molar-refractivity contribution < 1.29 is 4.79 Å². The molecule has 1 amide bonds. The van der Waals surface area contributed by atoms with Crippen molar-refractivity contribution in [2.24, 2.45) is 4.99 Å². The van der Waals surface area contributed by atoms with Crippen molar-refractivity contribution in [2.45, 2.75) is 25.8 Å². The van der Waals surface area contributed by atoms with Crippen LogP contribution in [0.4, 0.5) is 5.69 Å². The summed E-state index contributed by atoms with van der Waals surface area (Å²) in [5, 5.41) is 13.7. The lowest BCUT2D eigenvalue weighted by Crippen LogP contribution is -2.40. The van der Waals surface area contributed by atoms with Gasteiger partial charge >= 0.3 is 0 Å². The summed E-state index contributed by atoms with van der Waals surface area (Å²) >= 11 is 1.68. The van der Waals surface area contributed by atoms with Crippen molar-refractivity contribution >= 4 is 52.9 Å². The number of carbonyl (C=O) groups is 1. The Labute approximate surface area is 169 Å². The Morgan fingerprint density at radius 2 is 2.16 bits per heavy atom. The number of fused-ring (bicyclic) bond motifs is 1. The van der Waals surface area contributed by atoms with Gasteiger partial charge in [-0.3, -0.25) is 4.79 Å². The minimum Gasteiger partial charge on any atom is -0.357 e. The maximum absolute atomic E-state index is 11.9. The molecule has 2 heterocycles. The molecule has 1 aliphatic heterocycles. The summed E-state index contributed by atoms with van der Waals surface area (Å²) in [6, 6.07) is 10.1.